The Morgan fingerprint density at radius 2 is 1.79 bits per heavy atom. The van der Waals surface area contributed by atoms with Crippen LogP contribution in [0.15, 0.2) is 47.9 Å². The number of carbonyl (C=O) groups excluding carboxylic acids is 1. The van der Waals surface area contributed by atoms with Crippen molar-refractivity contribution < 1.29 is 24.2 Å². The highest BCUT2D eigenvalue weighted by Crippen LogP contribution is 2.33. The van der Waals surface area contributed by atoms with E-state index in [9.17, 15) is 14.7 Å². The van der Waals surface area contributed by atoms with Gasteiger partial charge in [-0.3, -0.25) is 4.79 Å². The van der Waals surface area contributed by atoms with Crippen molar-refractivity contribution in [3.05, 3.63) is 59.0 Å². The number of thiophene rings is 1. The number of anilines is 1. The molecule has 3 aromatic rings. The van der Waals surface area contributed by atoms with E-state index < -0.39 is 11.9 Å². The molecule has 7 heteroatoms. The first kappa shape index (κ1) is 19.4. The number of amides is 1. The first-order valence-corrected chi connectivity index (χ1v) is 9.27. The number of fused-ring (bicyclic) bond motifs is 1. The lowest BCUT2D eigenvalue weighted by Gasteiger charge is -2.13. The molecule has 2 aromatic carbocycles. The number of hydrogen-bond acceptors (Lipinski definition) is 5. The van der Waals surface area contributed by atoms with Crippen LogP contribution in [0.3, 0.4) is 0 Å². The normalized spacial score (nSPS) is 11.3. The molecule has 0 unspecified atom stereocenters. The number of hydrogen-bond donors (Lipinski definition) is 2. The minimum Gasteiger partial charge on any atom is -0.493 e. The molecule has 0 aliphatic rings. The van der Waals surface area contributed by atoms with Gasteiger partial charge in [0, 0.05) is 22.9 Å². The van der Waals surface area contributed by atoms with Crippen LogP contribution in [0, 0.1) is 0 Å². The van der Waals surface area contributed by atoms with Gasteiger partial charge in [-0.2, -0.15) is 0 Å². The maximum atomic E-state index is 12.5. The molecule has 0 fully saturated rings. The van der Waals surface area contributed by atoms with Gasteiger partial charge in [0.1, 0.15) is 0 Å². The second-order valence-electron chi connectivity index (χ2n) is 6.05. The predicted octanol–water partition coefficient (Wildman–Crippen LogP) is 4.66. The number of aromatic carboxylic acids is 1. The maximum Gasteiger partial charge on any atom is 0.337 e. The van der Waals surface area contributed by atoms with Crippen molar-refractivity contribution in [2.45, 2.75) is 6.92 Å². The van der Waals surface area contributed by atoms with Crippen LogP contribution in [0.25, 0.3) is 15.7 Å². The zero-order chi connectivity index (χ0) is 20.3. The van der Waals surface area contributed by atoms with Crippen LogP contribution in [0.5, 0.6) is 11.5 Å². The molecule has 0 aliphatic heterocycles. The summed E-state index contributed by atoms with van der Waals surface area (Å²) in [5, 5.41) is 15.2. The van der Waals surface area contributed by atoms with Crippen LogP contribution in [0.4, 0.5) is 5.69 Å². The average molecular weight is 397 g/mol. The zero-order valence-corrected chi connectivity index (χ0v) is 16.4. The Kier molecular flexibility index (Phi) is 5.65. The van der Waals surface area contributed by atoms with Crippen LogP contribution in [-0.2, 0) is 4.79 Å². The molecular formula is C21H19NO5S. The molecule has 0 bridgehead atoms. The summed E-state index contributed by atoms with van der Waals surface area (Å²) in [7, 11) is 2.85. The Morgan fingerprint density at radius 1 is 1.07 bits per heavy atom. The fourth-order valence-corrected chi connectivity index (χ4v) is 3.64. The van der Waals surface area contributed by atoms with Gasteiger partial charge < -0.3 is 19.9 Å². The van der Waals surface area contributed by atoms with E-state index in [0.717, 1.165) is 21.2 Å². The van der Waals surface area contributed by atoms with Crippen molar-refractivity contribution in [3.8, 4) is 11.5 Å². The zero-order valence-electron chi connectivity index (χ0n) is 15.6. The minimum atomic E-state index is -1.18. The van der Waals surface area contributed by atoms with E-state index in [1.165, 1.54) is 32.4 Å². The van der Waals surface area contributed by atoms with Crippen molar-refractivity contribution in [2.24, 2.45) is 0 Å². The van der Waals surface area contributed by atoms with E-state index in [1.807, 2.05) is 36.6 Å². The highest BCUT2D eigenvalue weighted by molar-refractivity contribution is 7.17. The molecule has 6 nitrogen and oxygen atoms in total. The summed E-state index contributed by atoms with van der Waals surface area (Å²) in [6, 6.07) is 10.8. The van der Waals surface area contributed by atoms with Gasteiger partial charge in [0.05, 0.1) is 25.5 Å². The quantitative estimate of drug-likeness (QED) is 0.591. The van der Waals surface area contributed by atoms with Crippen molar-refractivity contribution in [2.75, 3.05) is 19.5 Å². The van der Waals surface area contributed by atoms with E-state index in [-0.39, 0.29) is 17.0 Å². The number of carboxylic acids is 1. The number of carboxylic acid groups (broad SMARTS) is 1. The Labute approximate surface area is 166 Å². The van der Waals surface area contributed by atoms with Crippen LogP contribution in [-0.4, -0.2) is 31.2 Å². The van der Waals surface area contributed by atoms with Gasteiger partial charge in [-0.25, -0.2) is 4.79 Å². The highest BCUT2D eigenvalue weighted by Gasteiger charge is 2.17. The van der Waals surface area contributed by atoms with E-state index in [2.05, 4.69) is 5.32 Å². The van der Waals surface area contributed by atoms with Crippen LogP contribution in [0.2, 0.25) is 0 Å². The molecule has 0 saturated carbocycles. The van der Waals surface area contributed by atoms with E-state index in [1.54, 1.807) is 11.3 Å². The number of benzene rings is 2. The lowest BCUT2D eigenvalue weighted by molar-refractivity contribution is -0.111. The van der Waals surface area contributed by atoms with Crippen molar-refractivity contribution in [3.63, 3.8) is 0 Å². The molecule has 0 aliphatic carbocycles. The lowest BCUT2D eigenvalue weighted by Crippen LogP contribution is -2.13. The fourth-order valence-electron chi connectivity index (χ4n) is 2.81. The minimum absolute atomic E-state index is 0.0861. The summed E-state index contributed by atoms with van der Waals surface area (Å²) >= 11 is 1.63. The standard InChI is InChI=1S/C21H19NO5S/c1-12(14-5-4-13-6-7-28-19(13)9-14)8-20(23)22-16-11-18(27-3)17(26-2)10-15(16)21(24)25/h4-11H,1-3H3,(H,22,23)(H,24,25)/b12-8+. The van der Waals surface area contributed by atoms with Gasteiger partial charge >= 0.3 is 5.97 Å². The largest absolute Gasteiger partial charge is 0.493 e. The topological polar surface area (TPSA) is 84.9 Å². The Balaban J connectivity index is 1.89. The molecule has 1 amide bonds. The number of rotatable bonds is 6. The second kappa shape index (κ2) is 8.14. The molecule has 28 heavy (non-hydrogen) atoms. The van der Waals surface area contributed by atoms with E-state index >= 15 is 0 Å². The van der Waals surface area contributed by atoms with Gasteiger partial charge in [-0.1, -0.05) is 12.1 Å². The van der Waals surface area contributed by atoms with Gasteiger partial charge in [-0.15, -0.1) is 11.3 Å². The second-order valence-corrected chi connectivity index (χ2v) is 7.00. The SMILES string of the molecule is COc1cc(NC(=O)/C=C(\C)c2ccc3ccsc3c2)c(C(=O)O)cc1OC. The Hall–Kier alpha value is -3.32. The van der Waals surface area contributed by atoms with Gasteiger partial charge in [-0.05, 0) is 41.0 Å². The molecule has 1 aromatic heterocycles. The lowest BCUT2D eigenvalue weighted by atomic mass is 10.1. The summed E-state index contributed by atoms with van der Waals surface area (Å²) in [5.74, 6) is -1.01. The van der Waals surface area contributed by atoms with Gasteiger partial charge in [0.25, 0.3) is 0 Å². The summed E-state index contributed by atoms with van der Waals surface area (Å²) in [6.45, 7) is 1.83. The van der Waals surface area contributed by atoms with Crippen molar-refractivity contribution in [1.29, 1.82) is 0 Å². The predicted molar refractivity (Wildman–Crippen MR) is 111 cm³/mol. The Morgan fingerprint density at radius 3 is 2.46 bits per heavy atom. The number of allylic oxidation sites excluding steroid dienone is 1. The summed E-state index contributed by atoms with van der Waals surface area (Å²) in [6.07, 6.45) is 1.44. The third kappa shape index (κ3) is 3.99. The molecule has 0 spiro atoms. The first-order valence-electron chi connectivity index (χ1n) is 8.39. The molecule has 1 heterocycles. The molecular weight excluding hydrogens is 378 g/mol. The molecule has 144 valence electrons. The first-order chi connectivity index (χ1) is 13.4. The molecule has 0 saturated heterocycles. The molecule has 2 N–H and O–H groups in total. The number of carbonyl (C=O) groups is 2. The van der Waals surface area contributed by atoms with Crippen molar-refractivity contribution >= 4 is 44.6 Å². The molecule has 0 radical (unpaired) electrons. The van der Waals surface area contributed by atoms with E-state index in [0.29, 0.717) is 5.75 Å². The highest BCUT2D eigenvalue weighted by atomic mass is 32.1. The third-order valence-corrected chi connectivity index (χ3v) is 5.15. The van der Waals surface area contributed by atoms with Crippen molar-refractivity contribution in [1.82, 2.24) is 0 Å². The average Bonchev–Trinajstić information content (AvgIpc) is 3.14. The summed E-state index contributed by atoms with van der Waals surface area (Å²) < 4.78 is 11.5. The molecule has 3 rings (SSSR count). The third-order valence-electron chi connectivity index (χ3n) is 4.27. The van der Waals surface area contributed by atoms with Gasteiger partial charge in [0.2, 0.25) is 5.91 Å². The number of nitrogens with one attached hydrogen (secondary N) is 1. The van der Waals surface area contributed by atoms with Crippen LogP contribution < -0.4 is 14.8 Å². The van der Waals surface area contributed by atoms with E-state index in [4.69, 9.17) is 9.47 Å². The number of ether oxygens (including phenoxy) is 2. The van der Waals surface area contributed by atoms with Crippen LogP contribution in [0.1, 0.15) is 22.8 Å². The monoisotopic (exact) mass is 397 g/mol. The van der Waals surface area contributed by atoms with Gasteiger partial charge in [0.15, 0.2) is 11.5 Å². The summed E-state index contributed by atoms with van der Waals surface area (Å²) in [4.78, 5) is 24.0. The maximum absolute atomic E-state index is 12.5. The summed E-state index contributed by atoms with van der Waals surface area (Å²) in [5.41, 5.74) is 1.74. The molecule has 0 atom stereocenters. The smallest absolute Gasteiger partial charge is 0.337 e. The number of methoxy groups -OCH3 is 2. The van der Waals surface area contributed by atoms with Crippen LogP contribution >= 0.6 is 11.3 Å². The Bertz CT molecular complexity index is 1080. The fraction of sp³-hybridized carbons (Fsp3) is 0.143.